The van der Waals surface area contributed by atoms with Gasteiger partial charge in [0.05, 0.1) is 18.8 Å². The van der Waals surface area contributed by atoms with Crippen LogP contribution in [0.25, 0.3) is 0 Å². The first kappa shape index (κ1) is 15.5. The quantitative estimate of drug-likeness (QED) is 0.874. The van der Waals surface area contributed by atoms with Gasteiger partial charge >= 0.3 is 6.09 Å². The molecule has 3 heterocycles. The van der Waals surface area contributed by atoms with E-state index in [9.17, 15) is 9.59 Å². The molecule has 1 atom stereocenters. The van der Waals surface area contributed by atoms with Gasteiger partial charge < -0.3 is 15.0 Å². The molecular weight excluding hydrogens is 308 g/mol. The molecule has 0 radical (unpaired) electrons. The summed E-state index contributed by atoms with van der Waals surface area (Å²) in [4.78, 5) is 25.8. The Bertz CT molecular complexity index is 656. The average Bonchev–Trinajstić information content (AvgIpc) is 3.16. The van der Waals surface area contributed by atoms with Crippen LogP contribution in [0.3, 0.4) is 0 Å². The second-order valence-corrected chi connectivity index (χ2v) is 7.18. The second kappa shape index (κ2) is 6.11. The van der Waals surface area contributed by atoms with Gasteiger partial charge in [-0.3, -0.25) is 9.89 Å². The van der Waals surface area contributed by atoms with Crippen molar-refractivity contribution in [3.8, 4) is 0 Å². The molecular formula is C17H24N4O3. The molecule has 24 heavy (non-hydrogen) atoms. The molecule has 1 aromatic heterocycles. The third kappa shape index (κ3) is 2.87. The molecule has 0 bridgehead atoms. The van der Waals surface area contributed by atoms with Gasteiger partial charge in [0.25, 0.3) is 0 Å². The predicted octanol–water partition coefficient (Wildman–Crippen LogP) is 1.32. The molecule has 2 fully saturated rings. The summed E-state index contributed by atoms with van der Waals surface area (Å²) >= 11 is 0. The van der Waals surface area contributed by atoms with E-state index < -0.39 is 5.60 Å². The summed E-state index contributed by atoms with van der Waals surface area (Å²) in [5, 5.41) is 10.3. The molecule has 0 saturated carbocycles. The fourth-order valence-electron chi connectivity index (χ4n) is 4.18. The molecule has 7 nitrogen and oxygen atoms in total. The van der Waals surface area contributed by atoms with Gasteiger partial charge in [0, 0.05) is 25.1 Å². The van der Waals surface area contributed by atoms with Gasteiger partial charge in [-0.25, -0.2) is 4.79 Å². The summed E-state index contributed by atoms with van der Waals surface area (Å²) in [5.74, 6) is 0.129. The van der Waals surface area contributed by atoms with E-state index in [2.05, 4.69) is 15.5 Å². The zero-order chi connectivity index (χ0) is 16.6. The standard InChI is InChI=1S/C17H24N4O3/c22-15(7-6-14-12-4-1-2-5-13(12)19-20-14)21-9-3-8-17(11-21)10-18-16(23)24-17/h1-11H2,(H,18,23)(H,19,20)/t17-/m0/s1. The molecule has 0 unspecified atom stereocenters. The average molecular weight is 332 g/mol. The van der Waals surface area contributed by atoms with Crippen molar-refractivity contribution in [2.45, 2.75) is 57.0 Å². The number of alkyl carbamates (subject to hydrolysis) is 1. The van der Waals surface area contributed by atoms with Gasteiger partial charge in [0.2, 0.25) is 5.91 Å². The van der Waals surface area contributed by atoms with Crippen LogP contribution >= 0.6 is 0 Å². The number of hydrogen-bond donors (Lipinski definition) is 2. The van der Waals surface area contributed by atoms with E-state index in [1.54, 1.807) is 0 Å². The Morgan fingerprint density at radius 2 is 2.17 bits per heavy atom. The highest BCUT2D eigenvalue weighted by Gasteiger charge is 2.44. The maximum Gasteiger partial charge on any atom is 0.407 e. The Hall–Kier alpha value is -2.05. The molecule has 1 aliphatic carbocycles. The summed E-state index contributed by atoms with van der Waals surface area (Å²) in [6.45, 7) is 1.75. The third-order valence-electron chi connectivity index (χ3n) is 5.47. The third-order valence-corrected chi connectivity index (χ3v) is 5.47. The number of likely N-dealkylation sites (tertiary alicyclic amines) is 1. The Balaban J connectivity index is 1.36. The number of carbonyl (C=O) groups is 2. The number of fused-ring (bicyclic) bond motifs is 1. The SMILES string of the molecule is O=C1NC[C@]2(CCCN(C(=O)CCc3n[nH]c4c3CCCC4)C2)O1. The number of hydrogen-bond acceptors (Lipinski definition) is 4. The number of rotatable bonds is 3. The number of H-pyrrole nitrogens is 1. The van der Waals surface area contributed by atoms with E-state index in [0.29, 0.717) is 25.9 Å². The number of carbonyl (C=O) groups excluding carboxylic acids is 2. The van der Waals surface area contributed by atoms with E-state index in [1.807, 2.05) is 4.90 Å². The van der Waals surface area contributed by atoms with Gasteiger partial charge in [0.1, 0.15) is 5.60 Å². The number of ether oxygens (including phenoxy) is 1. The summed E-state index contributed by atoms with van der Waals surface area (Å²) in [6, 6.07) is 0. The highest BCUT2D eigenvalue weighted by Crippen LogP contribution is 2.29. The van der Waals surface area contributed by atoms with Crippen LogP contribution in [0.15, 0.2) is 0 Å². The minimum absolute atomic E-state index is 0.129. The predicted molar refractivity (Wildman–Crippen MR) is 86.6 cm³/mol. The molecule has 1 spiro atoms. The molecule has 1 aromatic rings. The smallest absolute Gasteiger partial charge is 0.407 e. The minimum Gasteiger partial charge on any atom is -0.439 e. The van der Waals surface area contributed by atoms with E-state index in [4.69, 9.17) is 4.74 Å². The van der Waals surface area contributed by atoms with Gasteiger partial charge in [-0.1, -0.05) is 0 Å². The van der Waals surface area contributed by atoms with E-state index in [-0.39, 0.29) is 12.0 Å². The van der Waals surface area contributed by atoms with Gasteiger partial charge in [-0.15, -0.1) is 0 Å². The number of aryl methyl sites for hydroxylation is 2. The number of amides is 2. The zero-order valence-corrected chi connectivity index (χ0v) is 13.9. The van der Waals surface area contributed by atoms with Gasteiger partial charge in [0.15, 0.2) is 0 Å². The van der Waals surface area contributed by atoms with E-state index >= 15 is 0 Å². The van der Waals surface area contributed by atoms with Gasteiger partial charge in [-0.2, -0.15) is 5.10 Å². The number of nitrogens with one attached hydrogen (secondary N) is 2. The van der Waals surface area contributed by atoms with Crippen molar-refractivity contribution in [2.24, 2.45) is 0 Å². The van der Waals surface area contributed by atoms with Crippen molar-refractivity contribution >= 4 is 12.0 Å². The zero-order valence-electron chi connectivity index (χ0n) is 13.9. The first-order valence-electron chi connectivity index (χ1n) is 8.95. The Kier molecular flexibility index (Phi) is 3.94. The number of nitrogens with zero attached hydrogens (tertiary/aromatic N) is 2. The molecule has 3 aliphatic rings. The van der Waals surface area contributed by atoms with Crippen LogP contribution in [0.1, 0.15) is 49.1 Å². The summed E-state index contributed by atoms with van der Waals surface area (Å²) in [7, 11) is 0. The summed E-state index contributed by atoms with van der Waals surface area (Å²) < 4.78 is 5.43. The molecule has 0 aromatic carbocycles. The molecule has 2 amide bonds. The van der Waals surface area contributed by atoms with Crippen LogP contribution < -0.4 is 5.32 Å². The van der Waals surface area contributed by atoms with Crippen LogP contribution in [0.5, 0.6) is 0 Å². The van der Waals surface area contributed by atoms with E-state index in [1.165, 1.54) is 24.1 Å². The molecule has 7 heteroatoms. The monoisotopic (exact) mass is 332 g/mol. The summed E-state index contributed by atoms with van der Waals surface area (Å²) in [5.41, 5.74) is 3.12. The van der Waals surface area contributed by atoms with Crippen molar-refractivity contribution in [3.63, 3.8) is 0 Å². The Morgan fingerprint density at radius 1 is 1.29 bits per heavy atom. The van der Waals surface area contributed by atoms with Crippen molar-refractivity contribution in [3.05, 3.63) is 17.0 Å². The lowest BCUT2D eigenvalue weighted by Gasteiger charge is -2.38. The van der Waals surface area contributed by atoms with Crippen LogP contribution in [0.2, 0.25) is 0 Å². The second-order valence-electron chi connectivity index (χ2n) is 7.18. The maximum atomic E-state index is 12.6. The lowest BCUT2D eigenvalue weighted by molar-refractivity contribution is -0.136. The van der Waals surface area contributed by atoms with Crippen molar-refractivity contribution in [1.29, 1.82) is 0 Å². The van der Waals surface area contributed by atoms with Crippen LogP contribution in [0.4, 0.5) is 4.79 Å². The highest BCUT2D eigenvalue weighted by atomic mass is 16.6. The van der Waals surface area contributed by atoms with Crippen LogP contribution in [0, 0.1) is 0 Å². The Morgan fingerprint density at radius 3 is 3.00 bits per heavy atom. The molecule has 130 valence electrons. The van der Waals surface area contributed by atoms with Crippen molar-refractivity contribution in [2.75, 3.05) is 19.6 Å². The van der Waals surface area contributed by atoms with Crippen LogP contribution in [-0.2, 0) is 28.8 Å². The maximum absolute atomic E-state index is 12.6. The first-order valence-corrected chi connectivity index (χ1v) is 8.95. The minimum atomic E-state index is -0.517. The van der Waals surface area contributed by atoms with E-state index in [0.717, 1.165) is 37.9 Å². The molecule has 2 saturated heterocycles. The largest absolute Gasteiger partial charge is 0.439 e. The molecule has 4 rings (SSSR count). The lowest BCUT2D eigenvalue weighted by atomic mass is 9.92. The topological polar surface area (TPSA) is 87.3 Å². The Labute approximate surface area is 141 Å². The lowest BCUT2D eigenvalue weighted by Crippen LogP contribution is -2.52. The van der Waals surface area contributed by atoms with Crippen LogP contribution in [-0.4, -0.2) is 52.3 Å². The summed E-state index contributed by atoms with van der Waals surface area (Å²) in [6.07, 6.45) is 7.05. The van der Waals surface area contributed by atoms with Gasteiger partial charge in [-0.05, 0) is 44.1 Å². The number of aromatic amines is 1. The molecule has 2 N–H and O–H groups in total. The van der Waals surface area contributed by atoms with Crippen molar-refractivity contribution < 1.29 is 14.3 Å². The fraction of sp³-hybridized carbons (Fsp3) is 0.706. The van der Waals surface area contributed by atoms with Crippen molar-refractivity contribution in [1.82, 2.24) is 20.4 Å². The normalized spacial score (nSPS) is 26.2. The number of aromatic nitrogens is 2. The fourth-order valence-corrected chi connectivity index (χ4v) is 4.18. The highest BCUT2D eigenvalue weighted by molar-refractivity contribution is 5.77. The molecule has 2 aliphatic heterocycles. The first-order chi connectivity index (χ1) is 11.7. The number of piperidine rings is 1.